The lowest BCUT2D eigenvalue weighted by atomic mass is 9.97. The summed E-state index contributed by atoms with van der Waals surface area (Å²) >= 11 is 6.07. The zero-order chi connectivity index (χ0) is 39.2. The Morgan fingerprint density at radius 2 is 1.70 bits per heavy atom. The molecule has 1 fully saturated rings. The fourth-order valence-corrected chi connectivity index (χ4v) is 8.24. The zero-order valence-corrected chi connectivity index (χ0v) is 32.2. The summed E-state index contributed by atoms with van der Waals surface area (Å²) in [6.07, 6.45) is 3.55. The number of aliphatic hydroxyl groups excluding tert-OH is 1. The van der Waals surface area contributed by atoms with Crippen molar-refractivity contribution in [1.29, 1.82) is 0 Å². The van der Waals surface area contributed by atoms with Crippen LogP contribution >= 0.6 is 11.6 Å². The van der Waals surface area contributed by atoms with Gasteiger partial charge < -0.3 is 21.1 Å². The Morgan fingerprint density at radius 3 is 2.35 bits per heavy atom. The molecule has 0 bridgehead atoms. The number of amides is 4. The molecule has 1 aliphatic rings. The Kier molecular flexibility index (Phi) is 13.1. The van der Waals surface area contributed by atoms with Gasteiger partial charge in [0.2, 0.25) is 15.9 Å². The second-order valence-electron chi connectivity index (χ2n) is 14.1. The molecule has 13 nitrogen and oxygen atoms in total. The SMILES string of the molecule is CC(C)CN(C[C@H](O)[C@H](Cc1ccccc1)NC(=O)C(C(C)C)N1CC(=O)N(Cc2cccc(-c3cnccn3)c2)C1=O)S(=O)(=O)c1ccc(Cl)c(N)c1. The van der Waals surface area contributed by atoms with Crippen LogP contribution in [0.4, 0.5) is 10.5 Å². The van der Waals surface area contributed by atoms with Crippen molar-refractivity contribution in [1.82, 2.24) is 29.4 Å². The number of imide groups is 1. The van der Waals surface area contributed by atoms with Gasteiger partial charge in [0.1, 0.15) is 12.6 Å². The second-order valence-corrected chi connectivity index (χ2v) is 16.5. The number of nitrogens with two attached hydrogens (primary N) is 1. The lowest BCUT2D eigenvalue weighted by Gasteiger charge is -2.34. The molecule has 0 aliphatic carbocycles. The summed E-state index contributed by atoms with van der Waals surface area (Å²) in [5.41, 5.74) is 8.93. The fraction of sp³-hybridized carbons (Fsp3) is 0.359. The van der Waals surface area contributed by atoms with Crippen LogP contribution in [0.25, 0.3) is 11.3 Å². The third kappa shape index (κ3) is 9.61. The normalized spacial score (nSPS) is 15.3. The predicted molar refractivity (Wildman–Crippen MR) is 206 cm³/mol. The number of aliphatic hydroxyl groups is 1. The maximum Gasteiger partial charge on any atom is 0.328 e. The van der Waals surface area contributed by atoms with E-state index < -0.39 is 52.0 Å². The fourth-order valence-electron chi connectivity index (χ4n) is 6.46. The molecule has 0 radical (unpaired) electrons. The first-order valence-corrected chi connectivity index (χ1v) is 19.5. The van der Waals surface area contributed by atoms with E-state index in [-0.39, 0.29) is 54.1 Å². The van der Waals surface area contributed by atoms with Crippen molar-refractivity contribution < 1.29 is 27.9 Å². The highest BCUT2D eigenvalue weighted by atomic mass is 35.5. The molecule has 5 rings (SSSR count). The molecule has 0 spiro atoms. The predicted octanol–water partition coefficient (Wildman–Crippen LogP) is 4.60. The minimum Gasteiger partial charge on any atom is -0.397 e. The quantitative estimate of drug-likeness (QED) is 0.108. The summed E-state index contributed by atoms with van der Waals surface area (Å²) in [5.74, 6) is -1.58. The second kappa shape index (κ2) is 17.5. The lowest BCUT2D eigenvalue weighted by molar-refractivity contribution is -0.129. The third-order valence-corrected chi connectivity index (χ3v) is 11.3. The van der Waals surface area contributed by atoms with E-state index in [9.17, 15) is 27.9 Å². The molecule has 3 aromatic carbocycles. The van der Waals surface area contributed by atoms with E-state index in [1.165, 1.54) is 27.4 Å². The molecule has 4 N–H and O–H groups in total. The Hall–Kier alpha value is -4.89. The Bertz CT molecular complexity index is 2050. The van der Waals surface area contributed by atoms with Crippen molar-refractivity contribution >= 4 is 45.2 Å². The van der Waals surface area contributed by atoms with Crippen molar-refractivity contribution in [3.63, 3.8) is 0 Å². The Morgan fingerprint density at radius 1 is 0.981 bits per heavy atom. The molecule has 15 heteroatoms. The minimum atomic E-state index is -4.15. The molecule has 286 valence electrons. The van der Waals surface area contributed by atoms with Crippen LogP contribution in [0, 0.1) is 11.8 Å². The Labute approximate surface area is 321 Å². The number of sulfonamides is 1. The van der Waals surface area contributed by atoms with Gasteiger partial charge in [-0.2, -0.15) is 4.31 Å². The molecule has 4 amide bonds. The summed E-state index contributed by atoms with van der Waals surface area (Å²) in [5, 5.41) is 14.9. The van der Waals surface area contributed by atoms with Gasteiger partial charge in [0.05, 0.1) is 46.2 Å². The monoisotopic (exact) mass is 775 g/mol. The van der Waals surface area contributed by atoms with E-state index in [0.717, 1.165) is 16.0 Å². The molecule has 54 heavy (non-hydrogen) atoms. The van der Waals surface area contributed by atoms with Crippen LogP contribution in [0.15, 0.2) is 96.3 Å². The van der Waals surface area contributed by atoms with Gasteiger partial charge >= 0.3 is 6.03 Å². The van der Waals surface area contributed by atoms with E-state index in [2.05, 4.69) is 15.3 Å². The van der Waals surface area contributed by atoms with Gasteiger partial charge in [0, 0.05) is 31.0 Å². The standard InChI is InChI=1S/C39H46ClN7O6S/c1-25(2)21-45(54(52,53)30-13-14-31(40)32(41)19-30)23-35(48)33(18-27-9-6-5-7-10-27)44-38(50)37(26(3)4)47-24-36(49)46(39(47)51)22-28-11-8-12-29(17-28)34-20-42-15-16-43-34/h5-17,19-20,25-26,33,35,37,48H,18,21-24,41H2,1-4H3,(H,44,50)/t33-,35-,37?/m0/s1. The number of carbonyl (C=O) groups is 3. The topological polar surface area (TPSA) is 179 Å². The molecule has 1 aliphatic heterocycles. The van der Waals surface area contributed by atoms with E-state index in [1.54, 1.807) is 38.5 Å². The van der Waals surface area contributed by atoms with Crippen LogP contribution in [-0.2, 0) is 32.6 Å². The summed E-state index contributed by atoms with van der Waals surface area (Å²) in [7, 11) is -4.15. The number of nitrogens with one attached hydrogen (secondary N) is 1. The number of halogens is 1. The van der Waals surface area contributed by atoms with Gasteiger partial charge in [-0.15, -0.1) is 0 Å². The van der Waals surface area contributed by atoms with E-state index in [0.29, 0.717) is 11.3 Å². The molecule has 1 aromatic heterocycles. The van der Waals surface area contributed by atoms with Crippen LogP contribution in [0.2, 0.25) is 5.02 Å². The largest absolute Gasteiger partial charge is 0.397 e. The molecule has 0 saturated carbocycles. The van der Waals surface area contributed by atoms with E-state index in [1.807, 2.05) is 62.4 Å². The van der Waals surface area contributed by atoms with Gasteiger partial charge in [0.25, 0.3) is 5.91 Å². The van der Waals surface area contributed by atoms with E-state index >= 15 is 0 Å². The van der Waals surface area contributed by atoms with Crippen molar-refractivity contribution in [2.24, 2.45) is 11.8 Å². The van der Waals surface area contributed by atoms with Crippen molar-refractivity contribution in [3.05, 3.63) is 108 Å². The number of benzene rings is 3. The maximum atomic E-state index is 14.2. The summed E-state index contributed by atoms with van der Waals surface area (Å²) in [6, 6.07) is 17.8. The molecule has 4 aromatic rings. The number of hydrogen-bond acceptors (Lipinski definition) is 9. The number of rotatable bonds is 16. The highest BCUT2D eigenvalue weighted by Crippen LogP contribution is 2.27. The summed E-state index contributed by atoms with van der Waals surface area (Å²) in [6.45, 7) is 6.65. The molecule has 3 atom stereocenters. The first-order chi connectivity index (χ1) is 25.6. The van der Waals surface area contributed by atoms with Gasteiger partial charge in [-0.1, -0.05) is 87.8 Å². The van der Waals surface area contributed by atoms with Crippen LogP contribution in [0.3, 0.4) is 0 Å². The van der Waals surface area contributed by atoms with E-state index in [4.69, 9.17) is 17.3 Å². The molecule has 1 saturated heterocycles. The van der Waals surface area contributed by atoms with Crippen LogP contribution < -0.4 is 11.1 Å². The molecular weight excluding hydrogens is 730 g/mol. The number of anilines is 1. The summed E-state index contributed by atoms with van der Waals surface area (Å²) in [4.78, 5) is 52.1. The van der Waals surface area contributed by atoms with Gasteiger partial charge in [-0.05, 0) is 53.6 Å². The van der Waals surface area contributed by atoms with Gasteiger partial charge in [-0.25, -0.2) is 13.2 Å². The number of nitrogen functional groups attached to an aromatic ring is 1. The molecule has 2 heterocycles. The average Bonchev–Trinajstić information content (AvgIpc) is 3.40. The number of aromatic nitrogens is 2. The highest BCUT2D eigenvalue weighted by molar-refractivity contribution is 7.89. The lowest BCUT2D eigenvalue weighted by Crippen LogP contribution is -2.57. The maximum absolute atomic E-state index is 14.2. The molecule has 1 unspecified atom stereocenters. The van der Waals surface area contributed by atoms with Gasteiger partial charge in [0.15, 0.2) is 0 Å². The number of urea groups is 1. The smallest absolute Gasteiger partial charge is 0.328 e. The Balaban J connectivity index is 1.38. The molecular formula is C39H46ClN7O6S. The van der Waals surface area contributed by atoms with Crippen molar-refractivity contribution in [2.75, 3.05) is 25.4 Å². The van der Waals surface area contributed by atoms with Crippen LogP contribution in [0.1, 0.15) is 38.8 Å². The van der Waals surface area contributed by atoms with Crippen LogP contribution in [-0.4, -0.2) is 93.3 Å². The van der Waals surface area contributed by atoms with Crippen LogP contribution in [0.5, 0.6) is 0 Å². The first-order valence-electron chi connectivity index (χ1n) is 17.7. The number of nitrogens with zero attached hydrogens (tertiary/aromatic N) is 5. The van der Waals surface area contributed by atoms with Gasteiger partial charge in [-0.3, -0.25) is 24.5 Å². The number of carbonyl (C=O) groups excluding carboxylic acids is 3. The number of hydrogen-bond donors (Lipinski definition) is 3. The minimum absolute atomic E-state index is 0.0104. The first kappa shape index (κ1) is 40.3. The average molecular weight is 776 g/mol. The van der Waals surface area contributed by atoms with Crippen molar-refractivity contribution in [3.8, 4) is 11.3 Å². The van der Waals surface area contributed by atoms with Crippen molar-refractivity contribution in [2.45, 2.75) is 63.7 Å². The highest BCUT2D eigenvalue weighted by Gasteiger charge is 2.44. The summed E-state index contributed by atoms with van der Waals surface area (Å²) < 4.78 is 29.0. The third-order valence-electron chi connectivity index (χ3n) is 9.10. The zero-order valence-electron chi connectivity index (χ0n) is 30.7.